The number of nitrogens with zero attached hydrogens (tertiary/aromatic N) is 5. The molecule has 2 spiro atoms. The first-order valence-corrected chi connectivity index (χ1v) is 42.5. The molecular weight excluding hydrogens is 1580 g/mol. The van der Waals surface area contributed by atoms with Crippen molar-refractivity contribution in [3.05, 3.63) is 309 Å². The number of carbonyl (C=O) groups excluding carboxylic acids is 6. The first-order valence-electron chi connectivity index (χ1n) is 41.3. The van der Waals surface area contributed by atoms with Crippen molar-refractivity contribution in [2.75, 3.05) is 52.6 Å². The Kier molecular flexibility index (Phi) is 25.8. The van der Waals surface area contributed by atoms with E-state index in [2.05, 4.69) is 59.4 Å². The van der Waals surface area contributed by atoms with Gasteiger partial charge in [0.25, 0.3) is 0 Å². The van der Waals surface area contributed by atoms with Gasteiger partial charge < -0.3 is 39.0 Å². The molecule has 4 amide bonds. The van der Waals surface area contributed by atoms with Crippen LogP contribution in [0.4, 0.5) is 17.6 Å². The molecule has 0 unspecified atom stereocenters. The summed E-state index contributed by atoms with van der Waals surface area (Å²) in [5, 5.41) is 22.9. The highest BCUT2D eigenvalue weighted by molar-refractivity contribution is 9.08. The lowest BCUT2D eigenvalue weighted by Gasteiger charge is -2.56. The van der Waals surface area contributed by atoms with E-state index in [1.165, 1.54) is 48.5 Å². The molecule has 6 aliphatic heterocycles. The molecule has 4 aliphatic carbocycles. The maximum atomic E-state index is 14.1. The number of nitriles is 2. The second kappa shape index (κ2) is 36.2. The van der Waals surface area contributed by atoms with Crippen LogP contribution in [0.25, 0.3) is 0 Å². The number of fused-ring (bicyclic) bond motifs is 4. The number of benzene rings is 8. The van der Waals surface area contributed by atoms with Crippen molar-refractivity contribution in [2.24, 2.45) is 47.3 Å². The second-order valence-electron chi connectivity index (χ2n) is 33.1. The molecule has 119 heavy (non-hydrogen) atoms. The molecule has 10 aliphatic rings. The first kappa shape index (κ1) is 84.9. The molecule has 0 aromatic heterocycles. The van der Waals surface area contributed by atoms with Crippen LogP contribution in [0, 0.1) is 93.3 Å². The SMILES string of the molecule is C[C@@H]1C(=O)C(C#N)=C[C@]2(c3ccccc3)C(=O)N(Cc3cccc(F)c3)CC[C@@H]12.C[C@H]1C(=O)C(C#N)=C[C@@]2(c3ccccc3)C(=O)N(Cc3cccc(F)c3)CC[C@H]12.C[C@H]1[C@@H]2CCN(Cc3cccc(F)c3)C(=O)[C@@]2(c2ccccc2)CCC12OCCO2.C[C@H]1[C@@H]2CCNC(=O)[C@@]2(c2ccccc2)CCC12OCCO2.Fc1cccc(CBr)c1. The van der Waals surface area contributed by atoms with Crippen molar-refractivity contribution in [2.45, 2.75) is 137 Å². The summed E-state index contributed by atoms with van der Waals surface area (Å²) in [7, 11) is 0. The van der Waals surface area contributed by atoms with Crippen molar-refractivity contribution in [1.82, 2.24) is 20.0 Å². The van der Waals surface area contributed by atoms with E-state index < -0.39 is 45.1 Å². The molecule has 2 saturated carbocycles. The van der Waals surface area contributed by atoms with E-state index in [1.807, 2.05) is 140 Å². The lowest BCUT2D eigenvalue weighted by molar-refractivity contribution is -0.239. The number of Topliss-reactive ketones (excluding diaryl/α,β-unsaturated/α-hetero) is 2. The fourth-order valence-electron chi connectivity index (χ4n) is 21.2. The fraction of sp³-hybridized carbons (Fsp3) is 0.388. The quantitative estimate of drug-likeness (QED) is 0.0947. The van der Waals surface area contributed by atoms with Gasteiger partial charge in [-0.25, -0.2) is 17.6 Å². The van der Waals surface area contributed by atoms with Crippen LogP contribution in [0.2, 0.25) is 0 Å². The highest BCUT2D eigenvalue weighted by Gasteiger charge is 2.65. The van der Waals surface area contributed by atoms with Crippen LogP contribution in [0.1, 0.15) is 124 Å². The largest absolute Gasteiger partial charge is 0.355 e. The fourth-order valence-corrected chi connectivity index (χ4v) is 21.6. The zero-order valence-electron chi connectivity index (χ0n) is 67.4. The summed E-state index contributed by atoms with van der Waals surface area (Å²) in [5.74, 6) is -3.05. The number of allylic oxidation sites excluding steroid dienone is 2. The standard InChI is InChI=1S/C25H28FNO3.2C24H21FN2O2.C18H23NO3.C7H6BrF/c1-18-22-10-13-27(17-19-6-5-9-21(26)16-19)23(28)24(22,20-7-3-2-4-8-20)11-12-25(18)29-14-15-30-25;2*1-16-21-10-11-27(15-17-6-5-9-20(25)12-17)23(29)24(21,13-18(14-26)22(16)28)19-7-3-2-4-8-19;1-13-15-7-10-19-16(20)17(15,14-5-3-2-4-6-14)8-9-18(13)21-11-12-22-18;8-5-6-2-1-3-7(9)4-6/h2-9,16,18,22H,10-15,17H2,1H3;2*2-9,12-13,16,21H,10-11,15H2,1H3;2-6,13,15H,7-12H2,1H3,(H,19,20);1-4H,5H2/t18-,22-,24+;2*16-,21-,24+;13-,15-,17+;/m0100./s1. The summed E-state index contributed by atoms with van der Waals surface area (Å²) in [6.45, 7) is 14.0. The van der Waals surface area contributed by atoms with E-state index in [4.69, 9.17) is 18.9 Å². The zero-order valence-corrected chi connectivity index (χ0v) is 69.0. The third-order valence-electron chi connectivity index (χ3n) is 27.0. The Hall–Kier alpha value is -10.5. The molecule has 0 radical (unpaired) electrons. The third kappa shape index (κ3) is 16.3. The summed E-state index contributed by atoms with van der Waals surface area (Å²) in [5.41, 5.74) is 3.93. The van der Waals surface area contributed by atoms with E-state index in [9.17, 15) is 56.9 Å². The van der Waals surface area contributed by atoms with Crippen LogP contribution in [-0.4, -0.2) is 114 Å². The number of alkyl halides is 1. The van der Waals surface area contributed by atoms with Crippen molar-refractivity contribution >= 4 is 51.1 Å². The highest BCUT2D eigenvalue weighted by Crippen LogP contribution is 2.59. The van der Waals surface area contributed by atoms with Crippen LogP contribution in [0.15, 0.2) is 242 Å². The van der Waals surface area contributed by atoms with Gasteiger partial charge in [-0.3, -0.25) is 28.8 Å². The summed E-state index contributed by atoms with van der Waals surface area (Å²) in [6.07, 6.45) is 9.28. The number of hydrogen-bond acceptors (Lipinski definition) is 12. The normalized spacial score (nSPS) is 28.1. The number of amides is 4. The number of ketones is 2. The Morgan fingerprint density at radius 2 is 0.731 bits per heavy atom. The average Bonchev–Trinajstić information content (AvgIpc) is 1.64. The minimum atomic E-state index is -1.06. The van der Waals surface area contributed by atoms with Crippen LogP contribution in [-0.2, 0) is 94.3 Å². The number of likely N-dealkylation sites (tertiary alicyclic amines) is 3. The van der Waals surface area contributed by atoms with Crippen LogP contribution in [0.5, 0.6) is 0 Å². The van der Waals surface area contributed by atoms with Gasteiger partial charge in [0.1, 0.15) is 35.4 Å². The van der Waals surface area contributed by atoms with Gasteiger partial charge in [-0.05, 0) is 167 Å². The predicted octanol–water partition coefficient (Wildman–Crippen LogP) is 16.8. The third-order valence-corrected chi connectivity index (χ3v) is 27.7. The number of halogens is 5. The molecule has 6 heterocycles. The molecule has 16 nitrogen and oxygen atoms in total. The van der Waals surface area contributed by atoms with Gasteiger partial charge in [0.2, 0.25) is 23.6 Å². The minimum Gasteiger partial charge on any atom is -0.355 e. The monoisotopic (exact) mass is 1670 g/mol. The molecule has 8 aromatic rings. The number of nitrogens with one attached hydrogen (secondary N) is 1. The van der Waals surface area contributed by atoms with Gasteiger partial charge in [-0.15, -0.1) is 0 Å². The van der Waals surface area contributed by atoms with E-state index in [0.29, 0.717) is 94.7 Å². The number of piperidine rings is 4. The number of ether oxygens (including phenoxy) is 4. The minimum absolute atomic E-state index is 0.0403. The Bertz CT molecular complexity index is 5020. The Morgan fingerprint density at radius 1 is 0.403 bits per heavy atom. The molecule has 18 rings (SSSR count). The molecule has 8 fully saturated rings. The number of hydrogen-bond donors (Lipinski definition) is 1. The molecule has 0 bridgehead atoms. The topological polar surface area (TPSA) is 209 Å². The maximum Gasteiger partial charge on any atom is 0.237 e. The zero-order chi connectivity index (χ0) is 83.9. The van der Waals surface area contributed by atoms with Crippen LogP contribution >= 0.6 is 15.9 Å². The summed E-state index contributed by atoms with van der Waals surface area (Å²) < 4.78 is 77.5. The molecule has 12 atom stereocenters. The number of carbonyl (C=O) groups is 6. The highest BCUT2D eigenvalue weighted by atomic mass is 79.9. The first-order chi connectivity index (χ1) is 57.5. The van der Waals surface area contributed by atoms with Crippen LogP contribution in [0.3, 0.4) is 0 Å². The summed E-state index contributed by atoms with van der Waals surface area (Å²) >= 11 is 3.22. The molecule has 21 heteroatoms. The van der Waals surface area contributed by atoms with E-state index >= 15 is 0 Å². The Labute approximate surface area is 701 Å². The van der Waals surface area contributed by atoms with E-state index in [1.54, 1.807) is 58.4 Å². The van der Waals surface area contributed by atoms with Crippen molar-refractivity contribution in [3.8, 4) is 12.1 Å². The average molecular weight is 1680 g/mol. The van der Waals surface area contributed by atoms with Gasteiger partial charge in [-0.2, -0.15) is 10.5 Å². The molecule has 8 aromatic carbocycles. The smallest absolute Gasteiger partial charge is 0.237 e. The van der Waals surface area contributed by atoms with Crippen molar-refractivity contribution in [1.29, 1.82) is 10.5 Å². The van der Waals surface area contributed by atoms with Crippen molar-refractivity contribution in [3.63, 3.8) is 0 Å². The molecule has 1 N–H and O–H groups in total. The van der Waals surface area contributed by atoms with Gasteiger partial charge in [0.15, 0.2) is 23.1 Å². The number of rotatable bonds is 11. The Balaban J connectivity index is 0.000000126. The maximum absolute atomic E-state index is 14.1. The van der Waals surface area contributed by atoms with Crippen molar-refractivity contribution < 1.29 is 65.3 Å². The van der Waals surface area contributed by atoms with Gasteiger partial charge in [-0.1, -0.05) is 213 Å². The van der Waals surface area contributed by atoms with E-state index in [-0.39, 0.29) is 118 Å². The summed E-state index contributed by atoms with van der Waals surface area (Å²) in [4.78, 5) is 85.3. The van der Waals surface area contributed by atoms with Crippen LogP contribution < -0.4 is 5.32 Å². The summed E-state index contributed by atoms with van der Waals surface area (Å²) in [6, 6.07) is 68.7. The lowest BCUT2D eigenvalue weighted by atomic mass is 9.54. The Morgan fingerprint density at radius 3 is 1.09 bits per heavy atom. The second-order valence-corrected chi connectivity index (χ2v) is 33.6. The predicted molar refractivity (Wildman–Crippen MR) is 444 cm³/mol. The molecule has 6 saturated heterocycles. The molecule has 616 valence electrons. The van der Waals surface area contributed by atoms with Gasteiger partial charge in [0, 0.05) is 87.7 Å². The lowest BCUT2D eigenvalue weighted by Crippen LogP contribution is -2.64. The van der Waals surface area contributed by atoms with E-state index in [0.717, 1.165) is 65.6 Å². The van der Waals surface area contributed by atoms with Gasteiger partial charge >= 0.3 is 0 Å². The van der Waals surface area contributed by atoms with Gasteiger partial charge in [0.05, 0.1) is 59.2 Å². The molecular formula is C98H99BrF4N6O10.